The minimum absolute atomic E-state index is 0.0969. The Morgan fingerprint density at radius 1 is 1.21 bits per heavy atom. The fraction of sp³-hybridized carbons (Fsp3) is 0.529. The van der Waals surface area contributed by atoms with Crippen molar-refractivity contribution >= 4 is 10.9 Å². The van der Waals surface area contributed by atoms with Gasteiger partial charge in [-0.05, 0) is 55.7 Å². The average Bonchev–Trinajstić information content (AvgIpc) is 2.91. The van der Waals surface area contributed by atoms with Gasteiger partial charge in [0.25, 0.3) is 0 Å². The van der Waals surface area contributed by atoms with Crippen LogP contribution in [0.2, 0.25) is 0 Å². The van der Waals surface area contributed by atoms with Crippen molar-refractivity contribution in [2.45, 2.75) is 45.6 Å². The van der Waals surface area contributed by atoms with Gasteiger partial charge in [0, 0.05) is 18.6 Å². The van der Waals surface area contributed by atoms with Crippen LogP contribution in [0, 0.1) is 19.8 Å². The van der Waals surface area contributed by atoms with Crippen molar-refractivity contribution in [2.24, 2.45) is 13.0 Å². The lowest BCUT2D eigenvalue weighted by Gasteiger charge is -2.14. The molecule has 3 rings (SSSR count). The molecule has 2 aromatic rings. The zero-order valence-corrected chi connectivity index (χ0v) is 12.1. The minimum Gasteiger partial charge on any atom is -0.393 e. The van der Waals surface area contributed by atoms with Crippen LogP contribution in [-0.2, 0) is 13.5 Å². The van der Waals surface area contributed by atoms with E-state index >= 15 is 0 Å². The molecule has 0 saturated heterocycles. The molecule has 2 atom stereocenters. The monoisotopic (exact) mass is 257 g/mol. The van der Waals surface area contributed by atoms with Gasteiger partial charge in [-0.1, -0.05) is 18.6 Å². The van der Waals surface area contributed by atoms with E-state index in [1.807, 2.05) is 0 Å². The van der Waals surface area contributed by atoms with Gasteiger partial charge in [-0.2, -0.15) is 0 Å². The summed E-state index contributed by atoms with van der Waals surface area (Å²) in [7, 11) is 2.13. The van der Waals surface area contributed by atoms with Crippen molar-refractivity contribution in [1.29, 1.82) is 0 Å². The summed E-state index contributed by atoms with van der Waals surface area (Å²) in [5, 5.41) is 11.5. The van der Waals surface area contributed by atoms with E-state index in [0.29, 0.717) is 5.92 Å². The van der Waals surface area contributed by atoms with Crippen molar-refractivity contribution in [3.05, 3.63) is 35.0 Å². The summed E-state index contributed by atoms with van der Waals surface area (Å²) >= 11 is 0. The SMILES string of the molecule is Cc1ccc(C)c2c1c(CC1CCCC1O)cn2C. The Labute approximate surface area is 115 Å². The highest BCUT2D eigenvalue weighted by Gasteiger charge is 2.26. The van der Waals surface area contributed by atoms with Gasteiger partial charge in [0.1, 0.15) is 0 Å². The van der Waals surface area contributed by atoms with Gasteiger partial charge in [0.05, 0.1) is 11.6 Å². The van der Waals surface area contributed by atoms with Gasteiger partial charge in [-0.3, -0.25) is 0 Å². The van der Waals surface area contributed by atoms with Crippen molar-refractivity contribution in [3.8, 4) is 0 Å². The second kappa shape index (κ2) is 4.68. The molecule has 0 radical (unpaired) electrons. The number of aromatic nitrogens is 1. The van der Waals surface area contributed by atoms with Crippen LogP contribution < -0.4 is 0 Å². The molecule has 1 heterocycles. The standard InChI is InChI=1S/C17H23NO/c1-11-7-8-12(2)17-16(11)14(10-18(17)3)9-13-5-4-6-15(13)19/h7-8,10,13,15,19H,4-6,9H2,1-3H3. The molecule has 2 heteroatoms. The van der Waals surface area contributed by atoms with Crippen molar-refractivity contribution in [3.63, 3.8) is 0 Å². The predicted octanol–water partition coefficient (Wildman–Crippen LogP) is 3.50. The van der Waals surface area contributed by atoms with Crippen molar-refractivity contribution in [1.82, 2.24) is 4.57 Å². The molecule has 0 aliphatic heterocycles. The lowest BCUT2D eigenvalue weighted by Crippen LogP contribution is -2.15. The number of benzene rings is 1. The second-order valence-electron chi connectivity index (χ2n) is 6.15. The molecule has 0 spiro atoms. The highest BCUT2D eigenvalue weighted by Crippen LogP contribution is 2.33. The average molecular weight is 257 g/mol. The molecule has 19 heavy (non-hydrogen) atoms. The van der Waals surface area contributed by atoms with E-state index in [1.54, 1.807) is 0 Å². The van der Waals surface area contributed by atoms with Crippen LogP contribution in [0.15, 0.2) is 18.3 Å². The van der Waals surface area contributed by atoms with Gasteiger partial charge < -0.3 is 9.67 Å². The van der Waals surface area contributed by atoms with Crippen LogP contribution in [0.5, 0.6) is 0 Å². The zero-order chi connectivity index (χ0) is 13.6. The normalized spacial score (nSPS) is 23.4. The van der Waals surface area contributed by atoms with E-state index in [0.717, 1.165) is 12.8 Å². The van der Waals surface area contributed by atoms with Gasteiger partial charge in [0.15, 0.2) is 0 Å². The number of aliphatic hydroxyl groups excluding tert-OH is 1. The highest BCUT2D eigenvalue weighted by molar-refractivity contribution is 5.89. The summed E-state index contributed by atoms with van der Waals surface area (Å²) < 4.78 is 2.24. The third kappa shape index (κ3) is 2.08. The Morgan fingerprint density at radius 2 is 1.95 bits per heavy atom. The number of nitrogens with zero attached hydrogens (tertiary/aromatic N) is 1. The molecule has 0 amide bonds. The maximum Gasteiger partial charge on any atom is 0.0571 e. The van der Waals surface area contributed by atoms with Crippen molar-refractivity contribution in [2.75, 3.05) is 0 Å². The van der Waals surface area contributed by atoms with Crippen LogP contribution in [-0.4, -0.2) is 15.8 Å². The molecule has 1 aliphatic rings. The fourth-order valence-corrected chi connectivity index (χ4v) is 3.71. The maximum atomic E-state index is 10.0. The Kier molecular flexibility index (Phi) is 3.14. The molecular weight excluding hydrogens is 234 g/mol. The lowest BCUT2D eigenvalue weighted by molar-refractivity contribution is 0.133. The van der Waals surface area contributed by atoms with Gasteiger partial charge in [-0.25, -0.2) is 0 Å². The topological polar surface area (TPSA) is 25.2 Å². The number of hydrogen-bond donors (Lipinski definition) is 1. The molecule has 1 aliphatic carbocycles. The van der Waals surface area contributed by atoms with E-state index in [4.69, 9.17) is 0 Å². The van der Waals surface area contributed by atoms with E-state index in [-0.39, 0.29) is 6.10 Å². The minimum atomic E-state index is -0.0969. The summed E-state index contributed by atoms with van der Waals surface area (Å²) in [6, 6.07) is 4.41. The van der Waals surface area contributed by atoms with Crippen molar-refractivity contribution < 1.29 is 5.11 Å². The first-order chi connectivity index (χ1) is 9.08. The highest BCUT2D eigenvalue weighted by atomic mass is 16.3. The Bertz CT molecular complexity index is 611. The van der Waals surface area contributed by atoms with Crippen LogP contribution in [0.3, 0.4) is 0 Å². The third-order valence-corrected chi connectivity index (χ3v) is 4.71. The molecular formula is C17H23NO. The molecule has 1 N–H and O–H groups in total. The molecule has 2 nitrogen and oxygen atoms in total. The second-order valence-corrected chi connectivity index (χ2v) is 6.15. The number of hydrogen-bond acceptors (Lipinski definition) is 1. The summed E-state index contributed by atoms with van der Waals surface area (Å²) in [6.45, 7) is 4.37. The van der Waals surface area contributed by atoms with Gasteiger partial charge >= 0.3 is 0 Å². The largest absolute Gasteiger partial charge is 0.393 e. The number of aryl methyl sites for hydroxylation is 3. The van der Waals surface area contributed by atoms with Crippen LogP contribution in [0.25, 0.3) is 10.9 Å². The summed E-state index contributed by atoms with van der Waals surface area (Å²) in [5.74, 6) is 0.450. The molecule has 2 unspecified atom stereocenters. The Hall–Kier alpha value is -1.28. The first-order valence-corrected chi connectivity index (χ1v) is 7.30. The lowest BCUT2D eigenvalue weighted by atomic mass is 9.94. The van der Waals surface area contributed by atoms with Gasteiger partial charge in [0.2, 0.25) is 0 Å². The van der Waals surface area contributed by atoms with Crippen LogP contribution in [0.4, 0.5) is 0 Å². The first kappa shape index (κ1) is 12.7. The molecule has 1 saturated carbocycles. The number of rotatable bonds is 2. The van der Waals surface area contributed by atoms with E-state index in [2.05, 4.69) is 43.8 Å². The molecule has 0 bridgehead atoms. The Morgan fingerprint density at radius 3 is 2.63 bits per heavy atom. The van der Waals surface area contributed by atoms with Crippen LogP contribution in [0.1, 0.15) is 36.0 Å². The number of aliphatic hydroxyl groups is 1. The first-order valence-electron chi connectivity index (χ1n) is 7.30. The molecule has 1 fully saturated rings. The molecule has 1 aromatic carbocycles. The summed E-state index contributed by atoms with van der Waals surface area (Å²) in [4.78, 5) is 0. The van der Waals surface area contributed by atoms with E-state index in [9.17, 15) is 5.11 Å². The summed E-state index contributed by atoms with van der Waals surface area (Å²) in [5.41, 5.74) is 5.44. The molecule has 1 aromatic heterocycles. The number of fused-ring (bicyclic) bond motifs is 1. The molecule has 102 valence electrons. The zero-order valence-electron chi connectivity index (χ0n) is 12.1. The predicted molar refractivity (Wildman–Crippen MR) is 79.4 cm³/mol. The summed E-state index contributed by atoms with van der Waals surface area (Å²) in [6.07, 6.45) is 6.50. The van der Waals surface area contributed by atoms with Crippen LogP contribution >= 0.6 is 0 Å². The maximum absolute atomic E-state index is 10.0. The van der Waals surface area contributed by atoms with E-state index in [1.165, 1.54) is 40.4 Å². The van der Waals surface area contributed by atoms with E-state index < -0.39 is 0 Å². The third-order valence-electron chi connectivity index (χ3n) is 4.71. The Balaban J connectivity index is 2.06. The fourth-order valence-electron chi connectivity index (χ4n) is 3.71. The smallest absolute Gasteiger partial charge is 0.0571 e. The quantitative estimate of drug-likeness (QED) is 0.875. The van der Waals surface area contributed by atoms with Gasteiger partial charge in [-0.15, -0.1) is 0 Å².